The Kier molecular flexibility index (Phi) is 12.3. The molecular weight excluding hydrogens is 276 g/mol. The molecule has 2 N–H and O–H groups in total. The Bertz CT molecular complexity index is 371. The van der Waals surface area contributed by atoms with Crippen molar-refractivity contribution in [3.63, 3.8) is 0 Å². The van der Waals surface area contributed by atoms with Crippen molar-refractivity contribution in [3.8, 4) is 0 Å². The minimum atomic E-state index is -0.385. The van der Waals surface area contributed by atoms with Crippen LogP contribution in [0.4, 0.5) is 0 Å². The average molecular weight is 298 g/mol. The highest BCUT2D eigenvalue weighted by Crippen LogP contribution is 2.08. The molecule has 0 heterocycles. The predicted octanol–water partition coefficient (Wildman–Crippen LogP) is 4.17. The molecule has 0 unspecified atom stereocenters. The number of hydrogen-bond donors (Lipinski definition) is 2. The number of diazo groups is 2. The second-order valence-corrected chi connectivity index (χ2v) is 4.34. The van der Waals surface area contributed by atoms with Crippen molar-refractivity contribution in [2.45, 2.75) is 44.9 Å². The molecule has 0 atom stereocenters. The van der Waals surface area contributed by atoms with E-state index in [1.54, 1.807) is 0 Å². The topological polar surface area (TPSA) is 115 Å². The first-order valence-electron chi connectivity index (χ1n) is 6.93. The third kappa shape index (κ3) is 13.7. The first kappa shape index (κ1) is 18.5. The average Bonchev–Trinajstić information content (AvgIpc) is 2.45. The highest BCUT2D eigenvalue weighted by molar-refractivity contribution is 4.87. The Balaban J connectivity index is 3.24. The van der Waals surface area contributed by atoms with Gasteiger partial charge in [-0.15, -0.1) is 0 Å². The number of aliphatic hydroxyl groups is 2. The van der Waals surface area contributed by atoms with E-state index < -0.39 is 0 Å². The summed E-state index contributed by atoms with van der Waals surface area (Å²) in [5.74, 6) is -0.771. The van der Waals surface area contributed by atoms with E-state index in [2.05, 4.69) is 9.95 Å². The molecule has 116 valence electrons. The minimum Gasteiger partial charge on any atom is -0.476 e. The van der Waals surface area contributed by atoms with Crippen LogP contribution in [0.25, 0.3) is 9.95 Å². The molecule has 0 spiro atoms. The van der Waals surface area contributed by atoms with Gasteiger partial charge >= 0.3 is 24.3 Å². The molecule has 0 fully saturated rings. The second kappa shape index (κ2) is 13.9. The minimum absolute atomic E-state index is 0.385. The van der Waals surface area contributed by atoms with Gasteiger partial charge in [0.15, 0.2) is 9.95 Å². The first-order valence-corrected chi connectivity index (χ1v) is 6.93. The van der Waals surface area contributed by atoms with Crippen molar-refractivity contribution in [1.82, 2.24) is 0 Å². The van der Waals surface area contributed by atoms with Crippen molar-refractivity contribution in [1.29, 1.82) is 10.8 Å². The van der Waals surface area contributed by atoms with Gasteiger partial charge in [-0.2, -0.15) is 0 Å². The third-order valence-electron chi connectivity index (χ3n) is 2.62. The molecule has 8 nitrogen and oxygen atoms in total. The zero-order chi connectivity index (χ0) is 15.8. The number of ether oxygens (including phenoxy) is 2. The standard InChI is InChI=1S/C13H20N4O4/c14-16-10-12(18)20-8-6-4-2-1-3-5-7-9-21-13(19)11-17-15/h10-11H,1-9H2/p+2/b12-10+,13-11+. The molecule has 0 aromatic carbocycles. The fourth-order valence-corrected chi connectivity index (χ4v) is 1.61. The van der Waals surface area contributed by atoms with E-state index in [0.717, 1.165) is 57.3 Å². The van der Waals surface area contributed by atoms with Gasteiger partial charge in [-0.05, 0) is 12.8 Å². The van der Waals surface area contributed by atoms with Crippen LogP contribution in [0.1, 0.15) is 44.9 Å². The highest BCUT2D eigenvalue weighted by Gasteiger charge is 2.01. The molecular formula is C13H22N4O4+2. The van der Waals surface area contributed by atoms with Crippen LogP contribution < -0.4 is 0 Å². The summed E-state index contributed by atoms with van der Waals surface area (Å²) in [5, 5.41) is 34.2. The van der Waals surface area contributed by atoms with Crippen LogP contribution in [0.2, 0.25) is 0 Å². The maximum Gasteiger partial charge on any atom is 0.429 e. The lowest BCUT2D eigenvalue weighted by molar-refractivity contribution is 0.0902. The van der Waals surface area contributed by atoms with Gasteiger partial charge in [0, 0.05) is 0 Å². The quantitative estimate of drug-likeness (QED) is 0.317. The molecule has 0 aliphatic rings. The van der Waals surface area contributed by atoms with Crippen LogP contribution in [0.15, 0.2) is 24.3 Å². The third-order valence-corrected chi connectivity index (χ3v) is 2.62. The maximum absolute atomic E-state index is 8.98. The van der Waals surface area contributed by atoms with E-state index in [0.29, 0.717) is 13.2 Å². The zero-order valence-electron chi connectivity index (χ0n) is 12.0. The molecule has 0 aliphatic carbocycles. The van der Waals surface area contributed by atoms with E-state index in [9.17, 15) is 0 Å². The van der Waals surface area contributed by atoms with Crippen LogP contribution in [0, 0.1) is 10.8 Å². The van der Waals surface area contributed by atoms with Crippen molar-refractivity contribution in [3.05, 3.63) is 34.2 Å². The van der Waals surface area contributed by atoms with Crippen molar-refractivity contribution in [2.24, 2.45) is 0 Å². The van der Waals surface area contributed by atoms with Gasteiger partial charge in [0.1, 0.15) is 0 Å². The van der Waals surface area contributed by atoms with Gasteiger partial charge < -0.3 is 19.7 Å². The Labute approximate surface area is 123 Å². The zero-order valence-corrected chi connectivity index (χ0v) is 12.0. The van der Waals surface area contributed by atoms with Crippen LogP contribution in [0.3, 0.4) is 0 Å². The molecule has 0 aromatic heterocycles. The number of hydrogen-bond acceptors (Lipinski definition) is 6. The molecule has 0 aliphatic heterocycles. The fraction of sp³-hybridized carbons (Fsp3) is 0.692. The van der Waals surface area contributed by atoms with E-state index >= 15 is 0 Å². The summed E-state index contributed by atoms with van der Waals surface area (Å²) >= 11 is 0. The highest BCUT2D eigenvalue weighted by atomic mass is 16.6. The Morgan fingerprint density at radius 1 is 0.714 bits per heavy atom. The Hall–Kier alpha value is -2.48. The molecule has 0 saturated carbocycles. The van der Waals surface area contributed by atoms with Gasteiger partial charge in [0.25, 0.3) is 0 Å². The smallest absolute Gasteiger partial charge is 0.429 e. The Morgan fingerprint density at radius 3 is 1.38 bits per heavy atom. The largest absolute Gasteiger partial charge is 0.476 e. The van der Waals surface area contributed by atoms with Crippen LogP contribution in [-0.4, -0.2) is 23.4 Å². The summed E-state index contributed by atoms with van der Waals surface area (Å²) in [7, 11) is 0. The van der Waals surface area contributed by atoms with Gasteiger partial charge in [0.05, 0.1) is 13.2 Å². The molecule has 0 amide bonds. The van der Waals surface area contributed by atoms with E-state index in [1.165, 1.54) is 0 Å². The van der Waals surface area contributed by atoms with Crippen LogP contribution in [-0.2, 0) is 9.47 Å². The SMILES string of the molecule is N#[N+]/C=C(\O)OCCCCCCCCCO/C(O)=C/[N+]#N. The number of rotatable bonds is 12. The summed E-state index contributed by atoms with van der Waals surface area (Å²) < 4.78 is 9.75. The van der Waals surface area contributed by atoms with E-state index in [-0.39, 0.29) is 11.9 Å². The molecule has 0 bridgehead atoms. The summed E-state index contributed by atoms with van der Waals surface area (Å²) in [6.07, 6.45) is 8.59. The molecule has 0 saturated heterocycles. The predicted molar refractivity (Wildman–Crippen MR) is 75.8 cm³/mol. The van der Waals surface area contributed by atoms with Crippen molar-refractivity contribution >= 4 is 0 Å². The van der Waals surface area contributed by atoms with Crippen molar-refractivity contribution < 1.29 is 19.7 Å². The first-order chi connectivity index (χ1) is 10.2. The van der Waals surface area contributed by atoms with Crippen LogP contribution in [0.5, 0.6) is 0 Å². The Morgan fingerprint density at radius 2 is 1.05 bits per heavy atom. The summed E-state index contributed by atoms with van der Waals surface area (Å²) in [6.45, 7) is 0.792. The molecule has 8 heteroatoms. The van der Waals surface area contributed by atoms with E-state index in [4.69, 9.17) is 30.5 Å². The van der Waals surface area contributed by atoms with Crippen molar-refractivity contribution in [2.75, 3.05) is 13.2 Å². The number of unbranched alkanes of at least 4 members (excludes halogenated alkanes) is 6. The fourth-order valence-electron chi connectivity index (χ4n) is 1.61. The molecule has 0 rings (SSSR count). The van der Waals surface area contributed by atoms with Gasteiger partial charge in [-0.25, -0.2) is 0 Å². The van der Waals surface area contributed by atoms with E-state index in [1.807, 2.05) is 0 Å². The van der Waals surface area contributed by atoms with Gasteiger partial charge in [0.2, 0.25) is 10.8 Å². The molecule has 0 radical (unpaired) electrons. The molecule has 21 heavy (non-hydrogen) atoms. The second-order valence-electron chi connectivity index (χ2n) is 4.34. The lowest BCUT2D eigenvalue weighted by Gasteiger charge is -2.03. The van der Waals surface area contributed by atoms with Gasteiger partial charge in [-0.1, -0.05) is 32.1 Å². The van der Waals surface area contributed by atoms with Gasteiger partial charge in [-0.3, -0.25) is 0 Å². The summed E-state index contributed by atoms with van der Waals surface area (Å²) in [4.78, 5) is 5.27. The monoisotopic (exact) mass is 298 g/mol. The number of nitrogens with zero attached hydrogens (tertiary/aromatic N) is 4. The summed E-state index contributed by atoms with van der Waals surface area (Å²) in [6, 6.07) is 0. The maximum atomic E-state index is 8.98. The lowest BCUT2D eigenvalue weighted by atomic mass is 10.1. The molecule has 0 aromatic rings. The van der Waals surface area contributed by atoms with Crippen LogP contribution >= 0.6 is 0 Å². The number of aliphatic hydroxyl groups excluding tert-OH is 2. The normalized spacial score (nSPS) is 11.5. The summed E-state index contributed by atoms with van der Waals surface area (Å²) in [5.41, 5.74) is 0. The lowest BCUT2D eigenvalue weighted by Crippen LogP contribution is -1.95.